The van der Waals surface area contributed by atoms with Crippen LogP contribution in [0.2, 0.25) is 10.6 Å². The molecular formula is C10H18AlN. The van der Waals surface area contributed by atoms with Crippen LogP contribution < -0.4 is 0 Å². The van der Waals surface area contributed by atoms with Gasteiger partial charge in [0, 0.05) is 0 Å². The molecule has 1 aromatic rings. The van der Waals surface area contributed by atoms with Crippen LogP contribution in [0.4, 0.5) is 0 Å². The van der Waals surface area contributed by atoms with E-state index in [1.54, 1.807) is 0 Å². The van der Waals surface area contributed by atoms with E-state index in [1.165, 1.54) is 22.0 Å². The summed E-state index contributed by atoms with van der Waals surface area (Å²) in [6.07, 6.45) is 0. The van der Waals surface area contributed by atoms with E-state index in [0.29, 0.717) is 0 Å². The third kappa shape index (κ3) is 1.76. The number of aromatic nitrogens is 1. The van der Waals surface area contributed by atoms with Crippen LogP contribution in [0.5, 0.6) is 0 Å². The largest absolute Gasteiger partial charge is 0.441 e. The quantitative estimate of drug-likeness (QED) is 0.629. The molecule has 0 aliphatic heterocycles. The first-order chi connectivity index (χ1) is 5.70. The van der Waals surface area contributed by atoms with Gasteiger partial charge in [-0.3, -0.25) is 0 Å². The van der Waals surface area contributed by atoms with Crippen molar-refractivity contribution in [3.63, 3.8) is 0 Å². The molecule has 0 aromatic carbocycles. The van der Waals surface area contributed by atoms with E-state index >= 15 is 0 Å². The summed E-state index contributed by atoms with van der Waals surface area (Å²) >= 11 is -0.664. The van der Waals surface area contributed by atoms with Gasteiger partial charge in [0.15, 0.2) is 0 Å². The second-order valence-electron chi connectivity index (χ2n) is 3.46. The highest BCUT2D eigenvalue weighted by molar-refractivity contribution is 6.57. The minimum atomic E-state index is -0.664. The van der Waals surface area contributed by atoms with Crippen molar-refractivity contribution in [2.75, 3.05) is 0 Å². The first-order valence-corrected chi connectivity index (χ1v) is 7.00. The van der Waals surface area contributed by atoms with E-state index in [2.05, 4.69) is 43.4 Å². The molecule has 1 heterocycles. The molecule has 0 spiro atoms. The molecule has 12 heavy (non-hydrogen) atoms. The summed E-state index contributed by atoms with van der Waals surface area (Å²) < 4.78 is 2.58. The molecule has 0 amide bonds. The predicted octanol–water partition coefficient (Wildman–Crippen LogP) is 2.98. The van der Waals surface area contributed by atoms with Crippen LogP contribution in [0.25, 0.3) is 0 Å². The van der Waals surface area contributed by atoms with E-state index in [1.807, 2.05) is 0 Å². The molecule has 0 unspecified atom stereocenters. The number of nitrogens with zero attached hydrogens (tertiary/aromatic N) is 1. The molecule has 2 heteroatoms. The first kappa shape index (κ1) is 9.90. The average molecular weight is 179 g/mol. The third-order valence-corrected chi connectivity index (χ3v) is 6.06. The zero-order valence-corrected chi connectivity index (χ0v) is 9.75. The predicted molar refractivity (Wildman–Crippen MR) is 56.0 cm³/mol. The summed E-state index contributed by atoms with van der Waals surface area (Å²) in [5.74, 6) is 0. The van der Waals surface area contributed by atoms with Gasteiger partial charge in [0.2, 0.25) is 0 Å². The summed E-state index contributed by atoms with van der Waals surface area (Å²) in [5, 5.41) is 2.74. The topological polar surface area (TPSA) is 4.93 Å². The van der Waals surface area contributed by atoms with Gasteiger partial charge < -0.3 is 3.55 Å². The fourth-order valence-corrected chi connectivity index (χ4v) is 4.54. The van der Waals surface area contributed by atoms with Gasteiger partial charge in [0.1, 0.15) is 0 Å². The first-order valence-electron chi connectivity index (χ1n) is 4.85. The molecule has 0 fully saturated rings. The van der Waals surface area contributed by atoms with E-state index in [4.69, 9.17) is 0 Å². The Morgan fingerprint density at radius 1 is 1.08 bits per heavy atom. The number of hydrogen-bond donors (Lipinski definition) is 0. The fraction of sp³-hybridized carbons (Fsp3) is 0.600. The molecule has 0 aliphatic carbocycles. The number of hydrogen-bond acceptors (Lipinski definition) is 0. The maximum atomic E-state index is 2.58. The molecule has 0 saturated carbocycles. The molecule has 0 saturated heterocycles. The van der Waals surface area contributed by atoms with Crippen molar-refractivity contribution in [2.24, 2.45) is 0 Å². The molecule has 1 nitrogen and oxygen atoms in total. The Morgan fingerprint density at radius 3 is 1.83 bits per heavy atom. The minimum absolute atomic E-state index is 0.664. The highest BCUT2D eigenvalue weighted by Crippen LogP contribution is 2.12. The standard InChI is InChI=1S/C6H8N.2C2H5.Al/c1-5-3-4-6(2)7-5;2*1-2;/h3-4H,1-2H3;2*1H2,2H3;/q-1;;;+1. The highest BCUT2D eigenvalue weighted by atomic mass is 27.2. The summed E-state index contributed by atoms with van der Waals surface area (Å²) in [4.78, 5) is 0. The van der Waals surface area contributed by atoms with Gasteiger partial charge in [-0.2, -0.15) is 0 Å². The highest BCUT2D eigenvalue weighted by Gasteiger charge is 2.18. The van der Waals surface area contributed by atoms with Gasteiger partial charge >= 0.3 is 14.4 Å². The lowest BCUT2D eigenvalue weighted by atomic mass is 10.5. The van der Waals surface area contributed by atoms with Crippen molar-refractivity contribution in [1.29, 1.82) is 0 Å². The Morgan fingerprint density at radius 2 is 1.50 bits per heavy atom. The van der Waals surface area contributed by atoms with Crippen molar-refractivity contribution < 1.29 is 0 Å². The Labute approximate surface area is 80.0 Å². The van der Waals surface area contributed by atoms with Crippen LogP contribution in [0.15, 0.2) is 12.1 Å². The van der Waals surface area contributed by atoms with Gasteiger partial charge in [-0.05, 0) is 37.4 Å². The smallest absolute Gasteiger partial charge is 0.417 e. The van der Waals surface area contributed by atoms with Crippen LogP contribution in [-0.2, 0) is 0 Å². The maximum Gasteiger partial charge on any atom is 0.417 e. The summed E-state index contributed by atoms with van der Waals surface area (Å²) in [6.45, 7) is 9.08. The summed E-state index contributed by atoms with van der Waals surface area (Å²) in [5.41, 5.74) is 2.90. The molecular weight excluding hydrogens is 161 g/mol. The van der Waals surface area contributed by atoms with Gasteiger partial charge in [-0.15, -0.1) is 0 Å². The van der Waals surface area contributed by atoms with E-state index < -0.39 is 14.4 Å². The SMILES string of the molecule is C[CH2][Al]([CH2]C)[n]1c(C)ccc1C. The monoisotopic (exact) mass is 179 g/mol. The van der Waals surface area contributed by atoms with Crippen LogP contribution in [0.1, 0.15) is 25.2 Å². The average Bonchev–Trinajstić information content (AvgIpc) is 2.38. The molecule has 0 bridgehead atoms. The Hall–Kier alpha value is -0.188. The third-order valence-electron chi connectivity index (χ3n) is 2.63. The van der Waals surface area contributed by atoms with Crippen molar-refractivity contribution >= 4 is 14.4 Å². The zero-order valence-electron chi connectivity index (χ0n) is 8.59. The Bertz CT molecular complexity index is 229. The number of aryl methyl sites for hydroxylation is 2. The van der Waals surface area contributed by atoms with Gasteiger partial charge in [-0.25, -0.2) is 0 Å². The Kier molecular flexibility index (Phi) is 3.43. The molecule has 0 atom stereocenters. The van der Waals surface area contributed by atoms with E-state index in [0.717, 1.165) is 0 Å². The molecule has 1 aromatic heterocycles. The van der Waals surface area contributed by atoms with Crippen LogP contribution >= 0.6 is 0 Å². The lowest BCUT2D eigenvalue weighted by Crippen LogP contribution is -2.24. The lowest BCUT2D eigenvalue weighted by molar-refractivity contribution is 1.01. The molecule has 66 valence electrons. The van der Waals surface area contributed by atoms with Crippen LogP contribution in [0, 0.1) is 13.8 Å². The molecule has 0 aliphatic rings. The number of rotatable bonds is 3. The lowest BCUT2D eigenvalue weighted by Gasteiger charge is -2.14. The van der Waals surface area contributed by atoms with Gasteiger partial charge in [0.25, 0.3) is 0 Å². The van der Waals surface area contributed by atoms with Crippen molar-refractivity contribution in [3.8, 4) is 0 Å². The molecule has 1 rings (SSSR count). The van der Waals surface area contributed by atoms with E-state index in [9.17, 15) is 0 Å². The maximum absolute atomic E-state index is 2.58. The van der Waals surface area contributed by atoms with Crippen LogP contribution in [0.3, 0.4) is 0 Å². The molecule has 0 N–H and O–H groups in total. The second kappa shape index (κ2) is 4.16. The molecule has 0 radical (unpaired) electrons. The van der Waals surface area contributed by atoms with Gasteiger partial charge in [0.05, 0.1) is 0 Å². The van der Waals surface area contributed by atoms with Crippen LogP contribution in [-0.4, -0.2) is 17.9 Å². The van der Waals surface area contributed by atoms with E-state index in [-0.39, 0.29) is 0 Å². The summed E-state index contributed by atoms with van der Waals surface area (Å²) in [6, 6.07) is 4.47. The summed E-state index contributed by atoms with van der Waals surface area (Å²) in [7, 11) is 0. The fourth-order valence-electron chi connectivity index (χ4n) is 1.91. The minimum Gasteiger partial charge on any atom is -0.441 e. The Balaban J connectivity index is 2.98. The van der Waals surface area contributed by atoms with Crippen molar-refractivity contribution in [1.82, 2.24) is 3.55 Å². The van der Waals surface area contributed by atoms with Gasteiger partial charge in [-0.1, -0.05) is 24.4 Å². The zero-order chi connectivity index (χ0) is 9.14. The second-order valence-corrected chi connectivity index (χ2v) is 6.91. The van der Waals surface area contributed by atoms with Crippen molar-refractivity contribution in [3.05, 3.63) is 23.5 Å². The normalized spacial score (nSPS) is 10.3. The van der Waals surface area contributed by atoms with Crippen molar-refractivity contribution in [2.45, 2.75) is 38.3 Å².